The summed E-state index contributed by atoms with van der Waals surface area (Å²) in [6.07, 6.45) is 0. The van der Waals surface area contributed by atoms with Crippen LogP contribution < -0.4 is 16.8 Å². The van der Waals surface area contributed by atoms with Crippen molar-refractivity contribution in [3.63, 3.8) is 0 Å². The zero-order valence-corrected chi connectivity index (χ0v) is 9.28. The summed E-state index contributed by atoms with van der Waals surface area (Å²) in [7, 11) is 0. The topological polar surface area (TPSA) is 64.1 Å². The highest BCUT2D eigenvalue weighted by atomic mass is 19.1. The van der Waals surface area contributed by atoms with Crippen LogP contribution in [0, 0.1) is 5.82 Å². The van der Waals surface area contributed by atoms with E-state index in [4.69, 9.17) is 11.5 Å². The van der Waals surface area contributed by atoms with Crippen molar-refractivity contribution < 1.29 is 4.39 Å². The first-order valence-corrected chi connectivity index (χ1v) is 5.29. The summed E-state index contributed by atoms with van der Waals surface area (Å²) in [5.41, 5.74) is 12.7. The number of rotatable bonds is 3. The standard InChI is InChI=1S/C13H14FN3/c14-12-11(7-6-10(15)13(12)16)17-8-9-4-2-1-3-5-9/h1-7,17H,8,15-16H2. The summed E-state index contributed by atoms with van der Waals surface area (Å²) in [6.45, 7) is 0.543. The van der Waals surface area contributed by atoms with Crippen LogP contribution in [0.25, 0.3) is 0 Å². The van der Waals surface area contributed by atoms with Crippen LogP contribution in [0.1, 0.15) is 5.56 Å². The summed E-state index contributed by atoms with van der Waals surface area (Å²) in [5, 5.41) is 2.99. The molecular formula is C13H14FN3. The van der Waals surface area contributed by atoms with E-state index in [1.807, 2.05) is 30.3 Å². The van der Waals surface area contributed by atoms with Gasteiger partial charge in [0.2, 0.25) is 0 Å². The van der Waals surface area contributed by atoms with Crippen LogP contribution in [0.5, 0.6) is 0 Å². The summed E-state index contributed by atoms with van der Waals surface area (Å²) >= 11 is 0. The molecule has 2 aromatic carbocycles. The molecule has 0 aliphatic carbocycles. The maximum absolute atomic E-state index is 13.7. The summed E-state index contributed by atoms with van der Waals surface area (Å²) < 4.78 is 13.7. The van der Waals surface area contributed by atoms with Crippen molar-refractivity contribution in [3.05, 3.63) is 53.8 Å². The number of hydrogen-bond acceptors (Lipinski definition) is 3. The van der Waals surface area contributed by atoms with E-state index >= 15 is 0 Å². The van der Waals surface area contributed by atoms with E-state index in [2.05, 4.69) is 5.32 Å². The lowest BCUT2D eigenvalue weighted by molar-refractivity contribution is 0.635. The van der Waals surface area contributed by atoms with Gasteiger partial charge in [0.25, 0.3) is 0 Å². The molecule has 2 aromatic rings. The Morgan fingerprint density at radius 1 is 1.00 bits per heavy atom. The number of halogens is 1. The molecule has 0 saturated carbocycles. The lowest BCUT2D eigenvalue weighted by Crippen LogP contribution is -2.05. The van der Waals surface area contributed by atoms with Crippen molar-refractivity contribution in [2.24, 2.45) is 0 Å². The summed E-state index contributed by atoms with van der Waals surface area (Å²) in [6, 6.07) is 12.9. The first-order chi connectivity index (χ1) is 8.18. The molecule has 4 heteroatoms. The van der Waals surface area contributed by atoms with Gasteiger partial charge in [0.05, 0.1) is 17.1 Å². The Labute approximate surface area is 99.2 Å². The molecule has 0 aromatic heterocycles. The number of anilines is 3. The van der Waals surface area contributed by atoms with Crippen LogP contribution in [-0.2, 0) is 6.54 Å². The van der Waals surface area contributed by atoms with Gasteiger partial charge in [-0.25, -0.2) is 4.39 Å². The molecule has 17 heavy (non-hydrogen) atoms. The fourth-order valence-electron chi connectivity index (χ4n) is 1.54. The van der Waals surface area contributed by atoms with Gasteiger partial charge in [-0.15, -0.1) is 0 Å². The Morgan fingerprint density at radius 2 is 1.71 bits per heavy atom. The maximum atomic E-state index is 13.7. The van der Waals surface area contributed by atoms with Crippen LogP contribution in [0.4, 0.5) is 21.5 Å². The zero-order chi connectivity index (χ0) is 12.3. The average molecular weight is 231 g/mol. The number of nitrogens with one attached hydrogen (secondary N) is 1. The van der Waals surface area contributed by atoms with Gasteiger partial charge in [-0.1, -0.05) is 30.3 Å². The molecule has 0 unspecified atom stereocenters. The molecule has 0 aliphatic heterocycles. The van der Waals surface area contributed by atoms with Gasteiger partial charge in [0, 0.05) is 6.54 Å². The number of nitrogen functional groups attached to an aromatic ring is 2. The molecule has 0 atom stereocenters. The lowest BCUT2D eigenvalue weighted by atomic mass is 10.2. The molecule has 0 heterocycles. The lowest BCUT2D eigenvalue weighted by Gasteiger charge is -2.10. The fraction of sp³-hybridized carbons (Fsp3) is 0.0769. The predicted molar refractivity (Wildman–Crippen MR) is 69.0 cm³/mol. The third kappa shape index (κ3) is 2.47. The summed E-state index contributed by atoms with van der Waals surface area (Å²) in [4.78, 5) is 0. The van der Waals surface area contributed by atoms with E-state index in [1.54, 1.807) is 12.1 Å². The second kappa shape index (κ2) is 4.74. The van der Waals surface area contributed by atoms with Crippen LogP contribution in [0.3, 0.4) is 0 Å². The second-order valence-corrected chi connectivity index (χ2v) is 3.77. The molecule has 0 saturated heterocycles. The van der Waals surface area contributed by atoms with Gasteiger partial charge in [-0.05, 0) is 17.7 Å². The molecule has 5 N–H and O–H groups in total. The minimum atomic E-state index is -0.499. The van der Waals surface area contributed by atoms with Gasteiger partial charge < -0.3 is 16.8 Å². The number of hydrogen-bond donors (Lipinski definition) is 3. The maximum Gasteiger partial charge on any atom is 0.171 e. The molecule has 0 fully saturated rings. The molecule has 0 radical (unpaired) electrons. The third-order valence-electron chi connectivity index (χ3n) is 2.54. The molecule has 3 nitrogen and oxygen atoms in total. The first kappa shape index (κ1) is 11.3. The molecule has 2 rings (SSSR count). The molecule has 0 amide bonds. The van der Waals surface area contributed by atoms with E-state index in [1.165, 1.54) is 0 Å². The second-order valence-electron chi connectivity index (χ2n) is 3.77. The normalized spacial score (nSPS) is 10.2. The van der Waals surface area contributed by atoms with Gasteiger partial charge in [0.1, 0.15) is 0 Å². The molecular weight excluding hydrogens is 217 g/mol. The summed E-state index contributed by atoms with van der Waals surface area (Å²) in [5.74, 6) is -0.499. The van der Waals surface area contributed by atoms with Gasteiger partial charge in [-0.2, -0.15) is 0 Å². The minimum absolute atomic E-state index is 0.0111. The smallest absolute Gasteiger partial charge is 0.171 e. The molecule has 0 bridgehead atoms. The van der Waals surface area contributed by atoms with Crippen LogP contribution >= 0.6 is 0 Å². The minimum Gasteiger partial charge on any atom is -0.397 e. The van der Waals surface area contributed by atoms with E-state index in [9.17, 15) is 4.39 Å². The van der Waals surface area contributed by atoms with E-state index in [-0.39, 0.29) is 11.4 Å². The highest BCUT2D eigenvalue weighted by Gasteiger charge is 2.08. The SMILES string of the molecule is Nc1ccc(NCc2ccccc2)c(F)c1N. The number of benzene rings is 2. The molecule has 88 valence electrons. The van der Waals surface area contributed by atoms with E-state index in [0.29, 0.717) is 12.2 Å². The van der Waals surface area contributed by atoms with Crippen LogP contribution in [0.2, 0.25) is 0 Å². The van der Waals surface area contributed by atoms with E-state index < -0.39 is 5.82 Å². The van der Waals surface area contributed by atoms with Gasteiger partial charge in [0.15, 0.2) is 5.82 Å². The first-order valence-electron chi connectivity index (χ1n) is 5.29. The molecule has 0 aliphatic rings. The third-order valence-corrected chi connectivity index (χ3v) is 2.54. The Balaban J connectivity index is 2.13. The average Bonchev–Trinajstić information content (AvgIpc) is 2.36. The highest BCUT2D eigenvalue weighted by Crippen LogP contribution is 2.25. The van der Waals surface area contributed by atoms with Gasteiger partial charge in [-0.3, -0.25) is 0 Å². The Hall–Kier alpha value is -2.23. The highest BCUT2D eigenvalue weighted by molar-refractivity contribution is 5.70. The quantitative estimate of drug-likeness (QED) is 0.711. The van der Waals surface area contributed by atoms with Crippen molar-refractivity contribution >= 4 is 17.1 Å². The Bertz CT molecular complexity index is 512. The monoisotopic (exact) mass is 231 g/mol. The van der Waals surface area contributed by atoms with Crippen molar-refractivity contribution in [2.75, 3.05) is 16.8 Å². The predicted octanol–water partition coefficient (Wildman–Crippen LogP) is 2.60. The fourth-order valence-corrected chi connectivity index (χ4v) is 1.54. The van der Waals surface area contributed by atoms with Crippen molar-refractivity contribution in [3.8, 4) is 0 Å². The zero-order valence-electron chi connectivity index (χ0n) is 9.28. The van der Waals surface area contributed by atoms with E-state index in [0.717, 1.165) is 5.56 Å². The largest absolute Gasteiger partial charge is 0.397 e. The number of nitrogens with two attached hydrogens (primary N) is 2. The van der Waals surface area contributed by atoms with Crippen LogP contribution in [0.15, 0.2) is 42.5 Å². The van der Waals surface area contributed by atoms with Gasteiger partial charge >= 0.3 is 0 Å². The van der Waals surface area contributed by atoms with Crippen LogP contribution in [-0.4, -0.2) is 0 Å². The Morgan fingerprint density at radius 3 is 2.41 bits per heavy atom. The molecule has 0 spiro atoms. The van der Waals surface area contributed by atoms with Crippen molar-refractivity contribution in [2.45, 2.75) is 6.54 Å². The van der Waals surface area contributed by atoms with Crippen molar-refractivity contribution in [1.29, 1.82) is 0 Å². The Kier molecular flexibility index (Phi) is 3.14. The van der Waals surface area contributed by atoms with Crippen molar-refractivity contribution in [1.82, 2.24) is 0 Å².